The van der Waals surface area contributed by atoms with E-state index in [0.717, 1.165) is 11.9 Å². The maximum Gasteiger partial charge on any atom is 0.304 e. The lowest BCUT2D eigenvalue weighted by molar-refractivity contribution is -0.136. The quantitative estimate of drug-likeness (QED) is 0.731. The molecule has 1 atom stereocenters. The highest BCUT2D eigenvalue weighted by Gasteiger charge is 2.08. The first-order valence-corrected chi connectivity index (χ1v) is 6.17. The molecule has 4 nitrogen and oxygen atoms in total. The van der Waals surface area contributed by atoms with Crippen LogP contribution in [-0.4, -0.2) is 28.6 Å². The van der Waals surface area contributed by atoms with Gasteiger partial charge in [-0.2, -0.15) is 0 Å². The third-order valence-corrected chi connectivity index (χ3v) is 3.03. The molecule has 0 bridgehead atoms. The highest BCUT2D eigenvalue weighted by Crippen LogP contribution is 2.18. The first kappa shape index (κ1) is 12.6. The number of rotatable bonds is 6. The second-order valence-electron chi connectivity index (χ2n) is 4.56. The van der Waals surface area contributed by atoms with E-state index in [4.69, 9.17) is 5.11 Å². The van der Waals surface area contributed by atoms with E-state index in [1.54, 1.807) is 0 Å². The molecule has 1 heterocycles. The van der Waals surface area contributed by atoms with Gasteiger partial charge in [0.25, 0.3) is 0 Å². The minimum Gasteiger partial charge on any atom is -0.481 e. The van der Waals surface area contributed by atoms with Crippen LogP contribution in [0.2, 0.25) is 0 Å². The Hall–Kier alpha value is -1.81. The number of carboxylic acid groups (broad SMARTS) is 1. The number of H-pyrrole nitrogens is 1. The topological polar surface area (TPSA) is 65.1 Å². The van der Waals surface area contributed by atoms with Crippen LogP contribution in [0, 0.1) is 0 Å². The molecule has 0 amide bonds. The predicted molar refractivity (Wildman–Crippen MR) is 71.7 cm³/mol. The van der Waals surface area contributed by atoms with Crippen molar-refractivity contribution in [3.8, 4) is 0 Å². The van der Waals surface area contributed by atoms with Crippen LogP contribution in [0.4, 0.5) is 0 Å². The van der Waals surface area contributed by atoms with Gasteiger partial charge < -0.3 is 15.4 Å². The Kier molecular flexibility index (Phi) is 3.99. The van der Waals surface area contributed by atoms with E-state index in [9.17, 15) is 4.79 Å². The summed E-state index contributed by atoms with van der Waals surface area (Å²) in [6.45, 7) is 2.59. The predicted octanol–water partition coefficient (Wildman–Crippen LogP) is 2.16. The van der Waals surface area contributed by atoms with Crippen molar-refractivity contribution in [2.24, 2.45) is 0 Å². The van der Waals surface area contributed by atoms with Crippen LogP contribution in [0.5, 0.6) is 0 Å². The number of carbonyl (C=O) groups is 1. The number of carboxylic acids is 1. The van der Waals surface area contributed by atoms with E-state index in [1.807, 2.05) is 18.3 Å². The minimum absolute atomic E-state index is 0.165. The van der Waals surface area contributed by atoms with Gasteiger partial charge in [0, 0.05) is 29.7 Å². The van der Waals surface area contributed by atoms with Crippen LogP contribution in [0.15, 0.2) is 30.5 Å². The van der Waals surface area contributed by atoms with E-state index in [-0.39, 0.29) is 12.5 Å². The second-order valence-corrected chi connectivity index (χ2v) is 4.56. The molecule has 18 heavy (non-hydrogen) atoms. The first-order chi connectivity index (χ1) is 8.66. The third-order valence-electron chi connectivity index (χ3n) is 3.03. The molecule has 1 aromatic heterocycles. The number of aromatic nitrogens is 1. The van der Waals surface area contributed by atoms with Gasteiger partial charge in [0.05, 0.1) is 6.42 Å². The fourth-order valence-electron chi connectivity index (χ4n) is 2.13. The molecule has 96 valence electrons. The normalized spacial score (nSPS) is 12.7. The molecule has 2 rings (SSSR count). The summed E-state index contributed by atoms with van der Waals surface area (Å²) in [5.74, 6) is -0.762. The van der Waals surface area contributed by atoms with Gasteiger partial charge in [0.1, 0.15) is 0 Å². The van der Waals surface area contributed by atoms with Crippen LogP contribution < -0.4 is 5.32 Å². The SMILES string of the molecule is CC(Cc1c[nH]c2ccccc12)NCCC(=O)O. The largest absolute Gasteiger partial charge is 0.481 e. The summed E-state index contributed by atoms with van der Waals surface area (Å²) >= 11 is 0. The Morgan fingerprint density at radius 1 is 1.44 bits per heavy atom. The van der Waals surface area contributed by atoms with Gasteiger partial charge in [0.15, 0.2) is 0 Å². The lowest BCUT2D eigenvalue weighted by Gasteiger charge is -2.12. The zero-order valence-corrected chi connectivity index (χ0v) is 10.4. The maximum absolute atomic E-state index is 10.4. The number of benzene rings is 1. The Morgan fingerprint density at radius 3 is 3.00 bits per heavy atom. The maximum atomic E-state index is 10.4. The molecule has 0 aliphatic rings. The Morgan fingerprint density at radius 2 is 2.22 bits per heavy atom. The second kappa shape index (κ2) is 5.69. The molecular weight excluding hydrogens is 228 g/mol. The van der Waals surface area contributed by atoms with Crippen LogP contribution in [-0.2, 0) is 11.2 Å². The molecule has 0 radical (unpaired) electrons. The molecule has 0 saturated carbocycles. The number of aliphatic carboxylic acids is 1. The highest BCUT2D eigenvalue weighted by molar-refractivity contribution is 5.83. The lowest BCUT2D eigenvalue weighted by Crippen LogP contribution is -2.30. The van der Waals surface area contributed by atoms with Crippen molar-refractivity contribution in [1.29, 1.82) is 0 Å². The smallest absolute Gasteiger partial charge is 0.304 e. The van der Waals surface area contributed by atoms with Crippen LogP contribution in [0.1, 0.15) is 18.9 Å². The molecule has 1 unspecified atom stereocenters. The molecule has 0 spiro atoms. The zero-order valence-electron chi connectivity index (χ0n) is 10.4. The summed E-state index contributed by atoms with van der Waals surface area (Å²) in [5.41, 5.74) is 2.41. The summed E-state index contributed by atoms with van der Waals surface area (Å²) in [6.07, 6.45) is 3.09. The average molecular weight is 246 g/mol. The summed E-state index contributed by atoms with van der Waals surface area (Å²) in [6, 6.07) is 8.47. The molecule has 2 aromatic rings. The van der Waals surface area contributed by atoms with Crippen LogP contribution >= 0.6 is 0 Å². The van der Waals surface area contributed by atoms with Gasteiger partial charge >= 0.3 is 5.97 Å². The Balaban J connectivity index is 1.94. The van der Waals surface area contributed by atoms with Gasteiger partial charge in [0.2, 0.25) is 0 Å². The zero-order chi connectivity index (χ0) is 13.0. The minimum atomic E-state index is -0.762. The fraction of sp³-hybridized carbons (Fsp3) is 0.357. The highest BCUT2D eigenvalue weighted by atomic mass is 16.4. The summed E-state index contributed by atoms with van der Waals surface area (Å²) in [7, 11) is 0. The number of para-hydroxylation sites is 1. The summed E-state index contributed by atoms with van der Waals surface area (Å²) in [4.78, 5) is 13.7. The van der Waals surface area contributed by atoms with E-state index in [1.165, 1.54) is 10.9 Å². The van der Waals surface area contributed by atoms with E-state index in [0.29, 0.717) is 6.54 Å². The van der Waals surface area contributed by atoms with Crippen molar-refractivity contribution < 1.29 is 9.90 Å². The van der Waals surface area contributed by atoms with Gasteiger partial charge in [-0.3, -0.25) is 4.79 Å². The molecule has 0 aliphatic heterocycles. The molecule has 0 fully saturated rings. The van der Waals surface area contributed by atoms with Crippen molar-refractivity contribution >= 4 is 16.9 Å². The van der Waals surface area contributed by atoms with Crippen LogP contribution in [0.25, 0.3) is 10.9 Å². The molecule has 0 aliphatic carbocycles. The van der Waals surface area contributed by atoms with Gasteiger partial charge in [-0.05, 0) is 25.0 Å². The van der Waals surface area contributed by atoms with Crippen molar-refractivity contribution in [3.63, 3.8) is 0 Å². The summed E-state index contributed by atoms with van der Waals surface area (Å²) in [5, 5.41) is 13.0. The van der Waals surface area contributed by atoms with Crippen molar-refractivity contribution in [1.82, 2.24) is 10.3 Å². The van der Waals surface area contributed by atoms with Crippen molar-refractivity contribution in [3.05, 3.63) is 36.0 Å². The molecule has 1 aromatic carbocycles. The molecule has 0 saturated heterocycles. The van der Waals surface area contributed by atoms with Gasteiger partial charge in [-0.15, -0.1) is 0 Å². The first-order valence-electron chi connectivity index (χ1n) is 6.17. The number of aromatic amines is 1. The van der Waals surface area contributed by atoms with Crippen molar-refractivity contribution in [2.75, 3.05) is 6.54 Å². The average Bonchev–Trinajstić information content (AvgIpc) is 2.72. The molecular formula is C14H18N2O2. The van der Waals surface area contributed by atoms with E-state index < -0.39 is 5.97 Å². The molecule has 4 heteroatoms. The number of nitrogens with one attached hydrogen (secondary N) is 2. The number of hydrogen-bond acceptors (Lipinski definition) is 2. The third kappa shape index (κ3) is 3.11. The molecule has 3 N–H and O–H groups in total. The Labute approximate surface area is 106 Å². The Bertz CT molecular complexity index is 533. The van der Waals surface area contributed by atoms with E-state index in [2.05, 4.69) is 29.4 Å². The standard InChI is InChI=1S/C14H18N2O2/c1-10(15-7-6-14(17)18)8-11-9-16-13-5-3-2-4-12(11)13/h2-5,9-10,15-16H,6-8H2,1H3,(H,17,18). The summed E-state index contributed by atoms with van der Waals surface area (Å²) < 4.78 is 0. The fourth-order valence-corrected chi connectivity index (χ4v) is 2.13. The number of hydrogen-bond donors (Lipinski definition) is 3. The lowest BCUT2D eigenvalue weighted by atomic mass is 10.1. The van der Waals surface area contributed by atoms with E-state index >= 15 is 0 Å². The van der Waals surface area contributed by atoms with Gasteiger partial charge in [-0.1, -0.05) is 18.2 Å². The monoisotopic (exact) mass is 246 g/mol. The van der Waals surface area contributed by atoms with Crippen molar-refractivity contribution in [2.45, 2.75) is 25.8 Å². The number of fused-ring (bicyclic) bond motifs is 1. The van der Waals surface area contributed by atoms with Gasteiger partial charge in [-0.25, -0.2) is 0 Å². The van der Waals surface area contributed by atoms with Crippen LogP contribution in [0.3, 0.4) is 0 Å².